The zero-order valence-electron chi connectivity index (χ0n) is 11.1. The molecular formula is C12H28N4O2. The van der Waals surface area contributed by atoms with E-state index in [0.717, 1.165) is 32.1 Å². The topological polar surface area (TPSA) is 127 Å². The average molecular weight is 260 g/mol. The third-order valence-electron chi connectivity index (χ3n) is 2.88. The Morgan fingerprint density at radius 2 is 1.61 bits per heavy atom. The van der Waals surface area contributed by atoms with Gasteiger partial charge in [-0.05, 0) is 38.8 Å². The minimum atomic E-state index is -0.514. The third kappa shape index (κ3) is 8.41. The van der Waals surface area contributed by atoms with Crippen LogP contribution in [-0.2, 0) is 4.79 Å². The van der Waals surface area contributed by atoms with Gasteiger partial charge < -0.3 is 27.6 Å². The van der Waals surface area contributed by atoms with Gasteiger partial charge in [0.1, 0.15) is 0 Å². The van der Waals surface area contributed by atoms with Crippen molar-refractivity contribution in [1.29, 1.82) is 0 Å². The van der Waals surface area contributed by atoms with Gasteiger partial charge in [-0.25, -0.2) is 0 Å². The fourth-order valence-corrected chi connectivity index (χ4v) is 1.69. The summed E-state index contributed by atoms with van der Waals surface area (Å²) in [6.07, 6.45) is 4.88. The largest absolute Gasteiger partial charge is 0.394 e. The van der Waals surface area contributed by atoms with E-state index in [4.69, 9.17) is 22.3 Å². The summed E-state index contributed by atoms with van der Waals surface area (Å²) in [7, 11) is 0. The van der Waals surface area contributed by atoms with Crippen molar-refractivity contribution in [1.82, 2.24) is 5.32 Å². The summed E-state index contributed by atoms with van der Waals surface area (Å²) >= 11 is 0. The maximum atomic E-state index is 11.7. The van der Waals surface area contributed by atoms with Crippen LogP contribution in [0.25, 0.3) is 0 Å². The summed E-state index contributed by atoms with van der Waals surface area (Å²) in [6.45, 7) is 1.18. The lowest BCUT2D eigenvalue weighted by atomic mass is 10.1. The second-order valence-electron chi connectivity index (χ2n) is 4.56. The summed E-state index contributed by atoms with van der Waals surface area (Å²) in [6, 6.07) is -0.732. The Kier molecular flexibility index (Phi) is 11.0. The minimum absolute atomic E-state index is 0.0637. The van der Waals surface area contributed by atoms with Crippen LogP contribution in [0.2, 0.25) is 0 Å². The first kappa shape index (κ1) is 17.3. The van der Waals surface area contributed by atoms with Gasteiger partial charge in [-0.3, -0.25) is 4.79 Å². The number of carbonyl (C=O) groups excluding carboxylic acids is 1. The predicted octanol–water partition coefficient (Wildman–Crippen LogP) is -0.951. The molecule has 0 saturated heterocycles. The van der Waals surface area contributed by atoms with Crippen LogP contribution in [-0.4, -0.2) is 42.8 Å². The van der Waals surface area contributed by atoms with E-state index in [-0.39, 0.29) is 18.6 Å². The first-order valence-corrected chi connectivity index (χ1v) is 6.72. The second-order valence-corrected chi connectivity index (χ2v) is 4.56. The Balaban J connectivity index is 3.86. The molecule has 108 valence electrons. The molecule has 0 heterocycles. The van der Waals surface area contributed by atoms with Gasteiger partial charge in [0.2, 0.25) is 5.91 Å². The van der Waals surface area contributed by atoms with Gasteiger partial charge >= 0.3 is 0 Å². The van der Waals surface area contributed by atoms with Gasteiger partial charge in [0.05, 0.1) is 18.7 Å². The van der Waals surface area contributed by atoms with Crippen LogP contribution in [0, 0.1) is 0 Å². The number of amides is 1. The molecule has 6 nitrogen and oxygen atoms in total. The molecule has 8 N–H and O–H groups in total. The zero-order chi connectivity index (χ0) is 13.8. The average Bonchev–Trinajstić information content (AvgIpc) is 2.37. The number of unbranched alkanes of at least 4 members (excludes halogenated alkanes) is 2. The van der Waals surface area contributed by atoms with Crippen molar-refractivity contribution in [2.75, 3.05) is 19.7 Å². The number of hydrogen-bond donors (Lipinski definition) is 5. The van der Waals surface area contributed by atoms with E-state index in [0.29, 0.717) is 19.5 Å². The summed E-state index contributed by atoms with van der Waals surface area (Å²) in [5.74, 6) is -0.196. The first-order chi connectivity index (χ1) is 8.65. The number of aliphatic hydroxyl groups is 1. The van der Waals surface area contributed by atoms with Crippen molar-refractivity contribution in [2.45, 2.75) is 50.6 Å². The van der Waals surface area contributed by atoms with Crippen LogP contribution in [0.3, 0.4) is 0 Å². The Bertz CT molecular complexity index is 214. The highest BCUT2D eigenvalue weighted by Gasteiger charge is 2.16. The Morgan fingerprint density at radius 1 is 1.06 bits per heavy atom. The Labute approximate surface area is 109 Å². The van der Waals surface area contributed by atoms with Crippen molar-refractivity contribution in [2.24, 2.45) is 17.2 Å². The van der Waals surface area contributed by atoms with Gasteiger partial charge in [-0.15, -0.1) is 0 Å². The van der Waals surface area contributed by atoms with Crippen molar-refractivity contribution in [3.8, 4) is 0 Å². The SMILES string of the molecule is NCCCC[C@@H](CO)NC(=O)[C@@H](N)CCCCN. The van der Waals surface area contributed by atoms with Crippen molar-refractivity contribution in [3.05, 3.63) is 0 Å². The summed E-state index contributed by atoms with van der Waals surface area (Å²) < 4.78 is 0. The summed E-state index contributed by atoms with van der Waals surface area (Å²) in [5.41, 5.74) is 16.5. The molecule has 2 atom stereocenters. The molecule has 18 heavy (non-hydrogen) atoms. The zero-order valence-corrected chi connectivity index (χ0v) is 11.1. The van der Waals surface area contributed by atoms with Crippen LogP contribution < -0.4 is 22.5 Å². The van der Waals surface area contributed by atoms with Gasteiger partial charge in [0.25, 0.3) is 0 Å². The molecule has 6 heteroatoms. The van der Waals surface area contributed by atoms with Crippen LogP contribution in [0.5, 0.6) is 0 Å². The molecular weight excluding hydrogens is 232 g/mol. The maximum Gasteiger partial charge on any atom is 0.237 e. The van der Waals surface area contributed by atoms with Gasteiger partial charge in [0.15, 0.2) is 0 Å². The molecule has 0 spiro atoms. The van der Waals surface area contributed by atoms with Crippen molar-refractivity contribution >= 4 is 5.91 Å². The first-order valence-electron chi connectivity index (χ1n) is 6.72. The van der Waals surface area contributed by atoms with Crippen LogP contribution >= 0.6 is 0 Å². The lowest BCUT2D eigenvalue weighted by Crippen LogP contribution is -2.46. The van der Waals surface area contributed by atoms with Crippen LogP contribution in [0.15, 0.2) is 0 Å². The summed E-state index contributed by atoms with van der Waals surface area (Å²) in [4.78, 5) is 11.7. The number of nitrogens with two attached hydrogens (primary N) is 3. The van der Waals surface area contributed by atoms with E-state index < -0.39 is 6.04 Å². The molecule has 0 rings (SSSR count). The molecule has 0 bridgehead atoms. The molecule has 0 aromatic rings. The number of carbonyl (C=O) groups is 1. The Hall–Kier alpha value is -0.690. The fourth-order valence-electron chi connectivity index (χ4n) is 1.69. The lowest BCUT2D eigenvalue weighted by molar-refractivity contribution is -0.123. The minimum Gasteiger partial charge on any atom is -0.394 e. The molecule has 0 radical (unpaired) electrons. The maximum absolute atomic E-state index is 11.7. The molecule has 0 fully saturated rings. The van der Waals surface area contributed by atoms with Gasteiger partial charge in [0, 0.05) is 0 Å². The van der Waals surface area contributed by atoms with E-state index in [1.807, 2.05) is 0 Å². The van der Waals surface area contributed by atoms with Crippen LogP contribution in [0.4, 0.5) is 0 Å². The lowest BCUT2D eigenvalue weighted by Gasteiger charge is -2.19. The second kappa shape index (κ2) is 11.4. The fraction of sp³-hybridized carbons (Fsp3) is 0.917. The smallest absolute Gasteiger partial charge is 0.237 e. The molecule has 0 aliphatic heterocycles. The monoisotopic (exact) mass is 260 g/mol. The third-order valence-corrected chi connectivity index (χ3v) is 2.88. The highest BCUT2D eigenvalue weighted by Crippen LogP contribution is 2.02. The van der Waals surface area contributed by atoms with Crippen molar-refractivity contribution < 1.29 is 9.90 Å². The van der Waals surface area contributed by atoms with E-state index >= 15 is 0 Å². The highest BCUT2D eigenvalue weighted by molar-refractivity contribution is 5.81. The molecule has 1 amide bonds. The van der Waals surface area contributed by atoms with Gasteiger partial charge in [-0.1, -0.05) is 12.8 Å². The van der Waals surface area contributed by atoms with Gasteiger partial charge in [-0.2, -0.15) is 0 Å². The van der Waals surface area contributed by atoms with E-state index in [1.165, 1.54) is 0 Å². The van der Waals surface area contributed by atoms with E-state index in [2.05, 4.69) is 5.32 Å². The standard InChI is InChI=1S/C12H28N4O2/c13-7-3-1-5-10(9-17)16-12(18)11(15)6-2-4-8-14/h10-11,17H,1-9,13-15H2,(H,16,18)/t10-,11-/m0/s1. The number of hydrogen-bond acceptors (Lipinski definition) is 5. The molecule has 0 aromatic carbocycles. The highest BCUT2D eigenvalue weighted by atomic mass is 16.3. The quantitative estimate of drug-likeness (QED) is 0.306. The normalized spacial score (nSPS) is 14.2. The van der Waals surface area contributed by atoms with E-state index in [1.54, 1.807) is 0 Å². The molecule has 0 aliphatic carbocycles. The Morgan fingerprint density at radius 3 is 2.11 bits per heavy atom. The summed E-state index contributed by atoms with van der Waals surface area (Å²) in [5, 5.41) is 11.9. The molecule has 0 unspecified atom stereocenters. The van der Waals surface area contributed by atoms with Crippen molar-refractivity contribution in [3.63, 3.8) is 0 Å². The predicted molar refractivity (Wildman–Crippen MR) is 72.8 cm³/mol. The molecule has 0 saturated carbocycles. The number of nitrogens with one attached hydrogen (secondary N) is 1. The van der Waals surface area contributed by atoms with E-state index in [9.17, 15) is 4.79 Å². The molecule has 0 aliphatic rings. The van der Waals surface area contributed by atoms with Crippen LogP contribution in [0.1, 0.15) is 38.5 Å². The number of aliphatic hydroxyl groups excluding tert-OH is 1. The number of rotatable bonds is 11. The molecule has 0 aromatic heterocycles.